The van der Waals surface area contributed by atoms with Gasteiger partial charge >= 0.3 is 0 Å². The van der Waals surface area contributed by atoms with Crippen LogP contribution in [-0.4, -0.2) is 49.8 Å². The Morgan fingerprint density at radius 1 is 1.12 bits per heavy atom. The van der Waals surface area contributed by atoms with E-state index in [4.69, 9.17) is 16.3 Å². The van der Waals surface area contributed by atoms with Crippen molar-refractivity contribution >= 4 is 23.4 Å². The third-order valence-corrected chi connectivity index (χ3v) is 5.42. The molecule has 1 fully saturated rings. The van der Waals surface area contributed by atoms with Crippen molar-refractivity contribution in [3.05, 3.63) is 47.2 Å². The van der Waals surface area contributed by atoms with Crippen LogP contribution in [0.5, 0.6) is 5.75 Å². The van der Waals surface area contributed by atoms with Crippen molar-refractivity contribution in [2.45, 2.75) is 30.7 Å². The summed E-state index contributed by atoms with van der Waals surface area (Å²) in [5, 5.41) is 29.8. The number of aliphatic hydroxyl groups excluding tert-OH is 3. The molecule has 0 aliphatic carbocycles. The zero-order valence-corrected chi connectivity index (χ0v) is 14.5. The second-order valence-corrected chi connectivity index (χ2v) is 7.24. The zero-order valence-electron chi connectivity index (χ0n) is 13.0. The van der Waals surface area contributed by atoms with Crippen molar-refractivity contribution in [3.8, 4) is 16.9 Å². The number of hydrogen-bond acceptors (Lipinski definition) is 6. The molecular formula is C17H18ClNO4S. The van der Waals surface area contributed by atoms with Crippen molar-refractivity contribution in [1.29, 1.82) is 0 Å². The number of ether oxygens (including phenoxy) is 1. The number of hydrogen-bond donors (Lipinski definition) is 3. The molecule has 4 atom stereocenters. The molecule has 24 heavy (non-hydrogen) atoms. The van der Waals surface area contributed by atoms with Crippen LogP contribution in [0.15, 0.2) is 36.5 Å². The Balaban J connectivity index is 1.83. The first-order valence-electron chi connectivity index (χ1n) is 7.51. The van der Waals surface area contributed by atoms with Crippen LogP contribution in [0.1, 0.15) is 5.69 Å². The number of aryl methyl sites for hydroxylation is 1. The van der Waals surface area contributed by atoms with Crippen LogP contribution in [0, 0.1) is 6.92 Å². The van der Waals surface area contributed by atoms with Gasteiger partial charge in [-0.3, -0.25) is 4.98 Å². The van der Waals surface area contributed by atoms with Gasteiger partial charge in [0.05, 0.1) is 11.1 Å². The second kappa shape index (κ2) is 7.29. The van der Waals surface area contributed by atoms with Crippen LogP contribution in [0.4, 0.5) is 0 Å². The number of benzene rings is 1. The van der Waals surface area contributed by atoms with E-state index in [0.29, 0.717) is 10.8 Å². The SMILES string of the molecule is Cc1ccc(-c2ccc(Cl)c(O[C@@H]3SC[C@@H](O)[C@H](O)[C@H]3O)c2)cn1. The number of rotatable bonds is 3. The molecule has 0 saturated carbocycles. The lowest BCUT2D eigenvalue weighted by Gasteiger charge is -2.34. The Labute approximate surface area is 149 Å². The normalized spacial score (nSPS) is 27.0. The Hall–Kier alpha value is -1.31. The van der Waals surface area contributed by atoms with E-state index >= 15 is 0 Å². The lowest BCUT2D eigenvalue weighted by atomic mass is 10.1. The standard InChI is InChI=1S/C17H18ClNO4S/c1-9-2-3-11(7-19-9)10-4-5-12(18)14(6-10)23-17-16(22)15(21)13(20)8-24-17/h2-7,13,15-17,20-22H,8H2,1H3/t13-,15+,16-,17-/m1/s1. The van der Waals surface area contributed by atoms with Crippen LogP contribution in [0.3, 0.4) is 0 Å². The molecule has 1 aromatic carbocycles. The molecule has 0 amide bonds. The molecule has 2 heterocycles. The molecule has 1 aromatic heterocycles. The highest BCUT2D eigenvalue weighted by Crippen LogP contribution is 2.35. The highest BCUT2D eigenvalue weighted by atomic mass is 35.5. The molecule has 0 spiro atoms. The largest absolute Gasteiger partial charge is 0.475 e. The van der Waals surface area contributed by atoms with E-state index in [1.165, 1.54) is 11.8 Å². The van der Waals surface area contributed by atoms with Crippen LogP contribution in [0.2, 0.25) is 5.02 Å². The monoisotopic (exact) mass is 367 g/mol. The second-order valence-electron chi connectivity index (χ2n) is 5.70. The number of aliphatic hydroxyl groups is 3. The summed E-state index contributed by atoms with van der Waals surface area (Å²) in [7, 11) is 0. The van der Waals surface area contributed by atoms with Crippen LogP contribution < -0.4 is 4.74 Å². The van der Waals surface area contributed by atoms with E-state index < -0.39 is 23.7 Å². The summed E-state index contributed by atoms with van der Waals surface area (Å²) in [6, 6.07) is 9.24. The average Bonchev–Trinajstić information content (AvgIpc) is 2.58. The molecule has 5 nitrogen and oxygen atoms in total. The summed E-state index contributed by atoms with van der Waals surface area (Å²) in [5.41, 5.74) is 2.04. The van der Waals surface area contributed by atoms with Gasteiger partial charge in [0, 0.05) is 23.2 Å². The van der Waals surface area contributed by atoms with Gasteiger partial charge in [-0.05, 0) is 30.7 Å². The maximum absolute atomic E-state index is 10.1. The molecule has 0 radical (unpaired) electrons. The van der Waals surface area contributed by atoms with E-state index in [2.05, 4.69) is 4.98 Å². The molecule has 1 saturated heterocycles. The summed E-state index contributed by atoms with van der Waals surface area (Å²) in [5.74, 6) is 0.692. The minimum atomic E-state index is -1.24. The summed E-state index contributed by atoms with van der Waals surface area (Å²) in [6.07, 6.45) is -1.63. The molecule has 0 bridgehead atoms. The third-order valence-electron chi connectivity index (χ3n) is 3.87. The number of aromatic nitrogens is 1. The maximum atomic E-state index is 10.1. The first-order valence-corrected chi connectivity index (χ1v) is 8.93. The number of thioether (sulfide) groups is 1. The van der Waals surface area contributed by atoms with Crippen molar-refractivity contribution in [1.82, 2.24) is 4.98 Å². The molecule has 3 N–H and O–H groups in total. The molecule has 3 rings (SSSR count). The van der Waals surface area contributed by atoms with Crippen LogP contribution in [-0.2, 0) is 0 Å². The minimum Gasteiger partial charge on any atom is -0.475 e. The van der Waals surface area contributed by atoms with E-state index in [9.17, 15) is 15.3 Å². The van der Waals surface area contributed by atoms with Gasteiger partial charge in [-0.2, -0.15) is 0 Å². The highest BCUT2D eigenvalue weighted by molar-refractivity contribution is 7.99. The quantitative estimate of drug-likeness (QED) is 0.771. The van der Waals surface area contributed by atoms with Crippen molar-refractivity contribution in [2.75, 3.05) is 5.75 Å². The number of pyridine rings is 1. The van der Waals surface area contributed by atoms with Gasteiger partial charge in [0.2, 0.25) is 0 Å². The lowest BCUT2D eigenvalue weighted by molar-refractivity contribution is -0.0785. The van der Waals surface area contributed by atoms with Gasteiger partial charge in [-0.15, -0.1) is 11.8 Å². The van der Waals surface area contributed by atoms with Crippen LogP contribution in [0.25, 0.3) is 11.1 Å². The number of nitrogens with zero attached hydrogens (tertiary/aromatic N) is 1. The molecule has 1 aliphatic rings. The fraction of sp³-hybridized carbons (Fsp3) is 0.353. The molecule has 1 aliphatic heterocycles. The molecular weight excluding hydrogens is 350 g/mol. The van der Waals surface area contributed by atoms with E-state index in [-0.39, 0.29) is 5.75 Å². The van der Waals surface area contributed by atoms with Crippen molar-refractivity contribution in [3.63, 3.8) is 0 Å². The van der Waals surface area contributed by atoms with Gasteiger partial charge in [0.25, 0.3) is 0 Å². The highest BCUT2D eigenvalue weighted by Gasteiger charge is 2.38. The average molecular weight is 368 g/mol. The Morgan fingerprint density at radius 2 is 1.88 bits per heavy atom. The van der Waals surface area contributed by atoms with Crippen molar-refractivity contribution in [2.24, 2.45) is 0 Å². The number of halogens is 1. The van der Waals surface area contributed by atoms with Gasteiger partial charge in [0.15, 0.2) is 5.44 Å². The molecule has 0 unspecified atom stereocenters. The Morgan fingerprint density at radius 3 is 2.58 bits per heavy atom. The Kier molecular flexibility index (Phi) is 5.32. The van der Waals surface area contributed by atoms with Gasteiger partial charge in [-0.25, -0.2) is 0 Å². The van der Waals surface area contributed by atoms with Crippen LogP contribution >= 0.6 is 23.4 Å². The summed E-state index contributed by atoms with van der Waals surface area (Å²) in [6.45, 7) is 1.92. The van der Waals surface area contributed by atoms with E-state index in [1.54, 1.807) is 18.3 Å². The predicted molar refractivity (Wildman–Crippen MR) is 94.3 cm³/mol. The molecule has 7 heteroatoms. The Bertz CT molecular complexity index is 712. The molecule has 128 valence electrons. The molecule has 2 aromatic rings. The first-order chi connectivity index (χ1) is 11.5. The summed E-state index contributed by atoms with van der Waals surface area (Å²) < 4.78 is 5.79. The topological polar surface area (TPSA) is 82.8 Å². The van der Waals surface area contributed by atoms with E-state index in [1.807, 2.05) is 25.1 Å². The fourth-order valence-electron chi connectivity index (χ4n) is 2.42. The minimum absolute atomic E-state index is 0.280. The fourth-order valence-corrected chi connectivity index (χ4v) is 3.70. The predicted octanol–water partition coefficient (Wildman–Crippen LogP) is 2.24. The summed E-state index contributed by atoms with van der Waals surface area (Å²) >= 11 is 7.43. The van der Waals surface area contributed by atoms with Gasteiger partial charge < -0.3 is 20.1 Å². The van der Waals surface area contributed by atoms with Gasteiger partial charge in [-0.1, -0.05) is 23.7 Å². The first kappa shape index (κ1) is 17.5. The van der Waals surface area contributed by atoms with Gasteiger partial charge in [0.1, 0.15) is 18.0 Å². The van der Waals surface area contributed by atoms with E-state index in [0.717, 1.165) is 16.8 Å². The smallest absolute Gasteiger partial charge is 0.173 e. The summed E-state index contributed by atoms with van der Waals surface area (Å²) in [4.78, 5) is 4.27. The zero-order chi connectivity index (χ0) is 17.3. The maximum Gasteiger partial charge on any atom is 0.173 e. The lowest BCUT2D eigenvalue weighted by Crippen LogP contribution is -2.50. The van der Waals surface area contributed by atoms with Crippen molar-refractivity contribution < 1.29 is 20.1 Å². The third kappa shape index (κ3) is 3.68.